The van der Waals surface area contributed by atoms with E-state index in [0.29, 0.717) is 12.1 Å². The van der Waals surface area contributed by atoms with Gasteiger partial charge in [-0.3, -0.25) is 0 Å². The molecule has 1 aliphatic heterocycles. The highest BCUT2D eigenvalue weighted by molar-refractivity contribution is 9.10. The number of pyridine rings is 1. The molecule has 1 saturated heterocycles. The molecular formula is C12H17BrN2O. The Balaban J connectivity index is 2.00. The molecule has 3 nitrogen and oxygen atoms in total. The normalized spacial score (nSPS) is 25.4. The lowest BCUT2D eigenvalue weighted by Crippen LogP contribution is -2.32. The lowest BCUT2D eigenvalue weighted by Gasteiger charge is -2.28. The topological polar surface area (TPSA) is 34.1 Å². The number of nitrogens with one attached hydrogen (secondary N) is 1. The maximum Gasteiger partial charge on any atom is 0.109 e. The molecule has 0 amide bonds. The summed E-state index contributed by atoms with van der Waals surface area (Å²) >= 11 is 3.41. The fourth-order valence-electron chi connectivity index (χ4n) is 2.00. The van der Waals surface area contributed by atoms with Crippen LogP contribution < -0.4 is 5.32 Å². The fourth-order valence-corrected chi connectivity index (χ4v) is 2.22. The van der Waals surface area contributed by atoms with E-state index in [1.54, 1.807) is 0 Å². The van der Waals surface area contributed by atoms with Crippen LogP contribution in [0.25, 0.3) is 0 Å². The van der Waals surface area contributed by atoms with E-state index in [1.165, 1.54) is 0 Å². The largest absolute Gasteiger partial charge is 0.381 e. The number of aryl methyl sites for hydroxylation is 1. The minimum Gasteiger partial charge on any atom is -0.381 e. The molecule has 88 valence electrons. The van der Waals surface area contributed by atoms with Crippen molar-refractivity contribution in [2.24, 2.45) is 0 Å². The lowest BCUT2D eigenvalue weighted by molar-refractivity contribution is 0.0232. The maximum absolute atomic E-state index is 5.53. The zero-order valence-electron chi connectivity index (χ0n) is 9.66. The predicted molar refractivity (Wildman–Crippen MR) is 68.7 cm³/mol. The Kier molecular flexibility index (Phi) is 3.82. The summed E-state index contributed by atoms with van der Waals surface area (Å²) in [6.07, 6.45) is 4.36. The number of hydrogen-bond donors (Lipinski definition) is 1. The Morgan fingerprint density at radius 3 is 3.06 bits per heavy atom. The van der Waals surface area contributed by atoms with Gasteiger partial charge in [-0.05, 0) is 54.2 Å². The monoisotopic (exact) mass is 284 g/mol. The first kappa shape index (κ1) is 11.9. The molecule has 0 bridgehead atoms. The van der Waals surface area contributed by atoms with Crippen LogP contribution in [0.5, 0.6) is 0 Å². The minimum atomic E-state index is 0.357. The molecule has 0 radical (unpaired) electrons. The van der Waals surface area contributed by atoms with Crippen molar-refractivity contribution >= 4 is 21.6 Å². The van der Waals surface area contributed by atoms with Crippen LogP contribution in [-0.2, 0) is 4.74 Å². The highest BCUT2D eigenvalue weighted by Gasteiger charge is 2.19. The van der Waals surface area contributed by atoms with E-state index in [0.717, 1.165) is 35.3 Å². The molecule has 0 saturated carbocycles. The van der Waals surface area contributed by atoms with Gasteiger partial charge in [0.05, 0.1) is 18.0 Å². The second kappa shape index (κ2) is 5.15. The van der Waals surface area contributed by atoms with Crippen LogP contribution in [0.2, 0.25) is 0 Å². The van der Waals surface area contributed by atoms with E-state index in [1.807, 2.05) is 6.20 Å². The molecule has 2 heterocycles. The van der Waals surface area contributed by atoms with Crippen LogP contribution >= 0.6 is 15.9 Å². The minimum absolute atomic E-state index is 0.357. The Morgan fingerprint density at radius 2 is 2.38 bits per heavy atom. The number of aromatic nitrogens is 1. The molecule has 1 aromatic heterocycles. The number of halogens is 1. The zero-order valence-corrected chi connectivity index (χ0v) is 11.3. The second-order valence-electron chi connectivity index (χ2n) is 4.38. The van der Waals surface area contributed by atoms with Gasteiger partial charge in [-0.15, -0.1) is 0 Å². The van der Waals surface area contributed by atoms with Crippen molar-refractivity contribution in [1.29, 1.82) is 0 Å². The van der Waals surface area contributed by atoms with Gasteiger partial charge in [0.15, 0.2) is 0 Å². The third-order valence-corrected chi connectivity index (χ3v) is 3.70. The van der Waals surface area contributed by atoms with Gasteiger partial charge < -0.3 is 10.1 Å². The second-order valence-corrected chi connectivity index (χ2v) is 5.13. The van der Waals surface area contributed by atoms with Gasteiger partial charge in [0, 0.05) is 12.6 Å². The van der Waals surface area contributed by atoms with Gasteiger partial charge in [-0.1, -0.05) is 0 Å². The van der Waals surface area contributed by atoms with Crippen molar-refractivity contribution in [3.05, 3.63) is 22.4 Å². The Bertz CT molecular complexity index is 370. The van der Waals surface area contributed by atoms with Gasteiger partial charge in [0.1, 0.15) is 4.60 Å². The van der Waals surface area contributed by atoms with E-state index >= 15 is 0 Å². The van der Waals surface area contributed by atoms with Crippen LogP contribution in [0.1, 0.15) is 25.3 Å². The Labute approximate surface area is 105 Å². The molecule has 1 N–H and O–H groups in total. The first-order chi connectivity index (χ1) is 7.65. The fraction of sp³-hybridized carbons (Fsp3) is 0.583. The molecule has 2 unspecified atom stereocenters. The van der Waals surface area contributed by atoms with Gasteiger partial charge in [-0.2, -0.15) is 0 Å². The van der Waals surface area contributed by atoms with Crippen molar-refractivity contribution in [3.63, 3.8) is 0 Å². The van der Waals surface area contributed by atoms with Crippen LogP contribution in [0.3, 0.4) is 0 Å². The summed E-state index contributed by atoms with van der Waals surface area (Å²) in [6, 6.07) is 2.63. The molecule has 4 heteroatoms. The highest BCUT2D eigenvalue weighted by atomic mass is 79.9. The van der Waals surface area contributed by atoms with Crippen LogP contribution in [0, 0.1) is 6.92 Å². The third kappa shape index (κ3) is 2.95. The van der Waals surface area contributed by atoms with Gasteiger partial charge in [0.25, 0.3) is 0 Å². The number of anilines is 1. The first-order valence-electron chi connectivity index (χ1n) is 5.65. The molecule has 0 aliphatic carbocycles. The van der Waals surface area contributed by atoms with Crippen LogP contribution in [0.15, 0.2) is 16.9 Å². The average molecular weight is 285 g/mol. The maximum atomic E-state index is 5.53. The first-order valence-corrected chi connectivity index (χ1v) is 6.44. The van der Waals surface area contributed by atoms with Gasteiger partial charge in [-0.25, -0.2) is 4.98 Å². The van der Waals surface area contributed by atoms with E-state index < -0.39 is 0 Å². The highest BCUT2D eigenvalue weighted by Crippen LogP contribution is 2.21. The summed E-state index contributed by atoms with van der Waals surface area (Å²) in [7, 11) is 0. The van der Waals surface area contributed by atoms with Crippen molar-refractivity contribution < 1.29 is 4.74 Å². The zero-order chi connectivity index (χ0) is 11.5. The molecule has 0 spiro atoms. The van der Waals surface area contributed by atoms with Crippen LogP contribution in [0.4, 0.5) is 5.69 Å². The molecule has 1 fully saturated rings. The molecule has 2 atom stereocenters. The Morgan fingerprint density at radius 1 is 1.56 bits per heavy atom. The van der Waals surface area contributed by atoms with Gasteiger partial charge >= 0.3 is 0 Å². The van der Waals surface area contributed by atoms with E-state index in [4.69, 9.17) is 4.74 Å². The predicted octanol–water partition coefficient (Wildman–Crippen LogP) is 3.13. The molecular weight excluding hydrogens is 268 g/mol. The van der Waals surface area contributed by atoms with E-state index in [2.05, 4.69) is 46.1 Å². The molecule has 1 aromatic rings. The van der Waals surface area contributed by atoms with E-state index in [9.17, 15) is 0 Å². The van der Waals surface area contributed by atoms with Gasteiger partial charge in [0.2, 0.25) is 0 Å². The standard InChI is InChI=1S/C12H17BrN2O/c1-8-5-11(7-14-12(8)13)15-10-3-4-16-9(2)6-10/h5,7,9-10,15H,3-4,6H2,1-2H3. The van der Waals surface area contributed by atoms with Crippen LogP contribution in [-0.4, -0.2) is 23.7 Å². The van der Waals surface area contributed by atoms with Crippen molar-refractivity contribution in [1.82, 2.24) is 4.98 Å². The molecule has 1 aliphatic rings. The van der Waals surface area contributed by atoms with Crippen molar-refractivity contribution in [2.45, 2.75) is 38.8 Å². The van der Waals surface area contributed by atoms with Crippen molar-refractivity contribution in [3.8, 4) is 0 Å². The SMILES string of the molecule is Cc1cc(NC2CCOC(C)C2)cnc1Br. The number of rotatable bonds is 2. The quantitative estimate of drug-likeness (QED) is 0.848. The molecule has 16 heavy (non-hydrogen) atoms. The number of hydrogen-bond acceptors (Lipinski definition) is 3. The average Bonchev–Trinajstić information content (AvgIpc) is 2.24. The summed E-state index contributed by atoms with van der Waals surface area (Å²) in [6.45, 7) is 5.02. The third-order valence-electron chi connectivity index (χ3n) is 2.87. The number of ether oxygens (including phenoxy) is 1. The lowest BCUT2D eigenvalue weighted by atomic mass is 10.0. The number of nitrogens with zero attached hydrogens (tertiary/aromatic N) is 1. The summed E-state index contributed by atoms with van der Waals surface area (Å²) in [4.78, 5) is 4.29. The smallest absolute Gasteiger partial charge is 0.109 e. The summed E-state index contributed by atoms with van der Waals surface area (Å²) in [5.41, 5.74) is 2.25. The van der Waals surface area contributed by atoms with Crippen molar-refractivity contribution in [2.75, 3.05) is 11.9 Å². The van der Waals surface area contributed by atoms with E-state index in [-0.39, 0.29) is 0 Å². The summed E-state index contributed by atoms with van der Waals surface area (Å²) < 4.78 is 6.44. The Hall–Kier alpha value is -0.610. The summed E-state index contributed by atoms with van der Waals surface area (Å²) in [5, 5.41) is 3.52. The molecule has 0 aromatic carbocycles. The summed E-state index contributed by atoms with van der Waals surface area (Å²) in [5.74, 6) is 0. The molecule has 2 rings (SSSR count).